The molecule has 0 fully saturated rings. The van der Waals surface area contributed by atoms with Crippen molar-refractivity contribution in [1.29, 1.82) is 0 Å². The fourth-order valence-electron chi connectivity index (χ4n) is 2.11. The number of amides is 1. The Labute approximate surface area is 146 Å². The lowest BCUT2D eigenvalue weighted by atomic mass is 10.2. The van der Waals surface area contributed by atoms with Crippen LogP contribution in [0, 0.1) is 5.82 Å². The van der Waals surface area contributed by atoms with Gasteiger partial charge in [0.2, 0.25) is 0 Å². The molecule has 120 valence electrons. The smallest absolute Gasteiger partial charge is 0.259 e. The molecule has 0 bridgehead atoms. The van der Waals surface area contributed by atoms with Crippen molar-refractivity contribution in [3.63, 3.8) is 0 Å². The van der Waals surface area contributed by atoms with E-state index in [4.69, 9.17) is 0 Å². The van der Waals surface area contributed by atoms with Crippen molar-refractivity contribution in [2.45, 2.75) is 0 Å². The van der Waals surface area contributed by atoms with Gasteiger partial charge in [-0.05, 0) is 64.5 Å². The Balaban J connectivity index is 1.84. The summed E-state index contributed by atoms with van der Waals surface area (Å²) in [6.45, 7) is 0. The summed E-state index contributed by atoms with van der Waals surface area (Å²) in [6, 6.07) is 16.5. The van der Waals surface area contributed by atoms with Gasteiger partial charge in [0.1, 0.15) is 11.6 Å². The number of halogens is 2. The number of carbonyl (C=O) groups excluding carboxylic acids is 1. The molecule has 4 nitrogen and oxygen atoms in total. The molecular weight excluding hydrogens is 373 g/mol. The molecule has 0 saturated carbocycles. The summed E-state index contributed by atoms with van der Waals surface area (Å²) in [5, 5.41) is 5.87. The second kappa shape index (κ2) is 7.23. The van der Waals surface area contributed by atoms with Crippen LogP contribution in [0.1, 0.15) is 10.4 Å². The molecule has 0 radical (unpaired) electrons. The van der Waals surface area contributed by atoms with Crippen molar-refractivity contribution in [1.82, 2.24) is 4.98 Å². The number of pyridine rings is 1. The topological polar surface area (TPSA) is 54.0 Å². The van der Waals surface area contributed by atoms with Crippen LogP contribution in [0.3, 0.4) is 0 Å². The van der Waals surface area contributed by atoms with E-state index in [1.165, 1.54) is 12.1 Å². The lowest BCUT2D eigenvalue weighted by molar-refractivity contribution is 0.102. The zero-order chi connectivity index (χ0) is 16.9. The number of benzene rings is 2. The molecule has 0 unspecified atom stereocenters. The molecule has 6 heteroatoms. The third kappa shape index (κ3) is 3.78. The van der Waals surface area contributed by atoms with Crippen molar-refractivity contribution in [3.05, 3.63) is 82.7 Å². The highest BCUT2D eigenvalue weighted by atomic mass is 79.9. The molecule has 3 rings (SSSR count). The molecule has 0 aliphatic heterocycles. The van der Waals surface area contributed by atoms with Gasteiger partial charge in [0.05, 0.1) is 11.3 Å². The Morgan fingerprint density at radius 3 is 2.50 bits per heavy atom. The minimum absolute atomic E-state index is 0.292. The first-order valence-electron chi connectivity index (χ1n) is 7.17. The molecule has 1 aromatic heterocycles. The quantitative estimate of drug-likeness (QED) is 0.665. The van der Waals surface area contributed by atoms with Gasteiger partial charge in [0.25, 0.3) is 5.91 Å². The maximum absolute atomic E-state index is 13.0. The van der Waals surface area contributed by atoms with E-state index in [9.17, 15) is 9.18 Å². The predicted octanol–water partition coefficient (Wildman–Crippen LogP) is 4.98. The van der Waals surface area contributed by atoms with Crippen molar-refractivity contribution in [2.24, 2.45) is 0 Å². The van der Waals surface area contributed by atoms with Crippen LogP contribution >= 0.6 is 15.9 Å². The summed E-state index contributed by atoms with van der Waals surface area (Å²) in [4.78, 5) is 16.8. The largest absolute Gasteiger partial charge is 0.340 e. The molecule has 3 aromatic rings. The van der Waals surface area contributed by atoms with Gasteiger partial charge in [-0.3, -0.25) is 4.79 Å². The van der Waals surface area contributed by atoms with Crippen molar-refractivity contribution in [2.75, 3.05) is 10.6 Å². The SMILES string of the molecule is O=C(Nc1ccccc1Br)c1cccnc1Nc1ccc(F)cc1. The Morgan fingerprint density at radius 1 is 1.00 bits per heavy atom. The Morgan fingerprint density at radius 2 is 1.75 bits per heavy atom. The number of anilines is 3. The van der Waals surface area contributed by atoms with Gasteiger partial charge in [-0.1, -0.05) is 12.1 Å². The average molecular weight is 386 g/mol. The minimum Gasteiger partial charge on any atom is -0.340 e. The highest BCUT2D eigenvalue weighted by Crippen LogP contribution is 2.24. The fraction of sp³-hybridized carbons (Fsp3) is 0. The monoisotopic (exact) mass is 385 g/mol. The molecule has 0 aliphatic rings. The first-order valence-corrected chi connectivity index (χ1v) is 7.96. The summed E-state index contributed by atoms with van der Waals surface area (Å²) in [7, 11) is 0. The molecule has 2 N–H and O–H groups in total. The second-order valence-corrected chi connectivity index (χ2v) is 5.82. The number of aromatic nitrogens is 1. The molecule has 24 heavy (non-hydrogen) atoms. The van der Waals surface area contributed by atoms with E-state index >= 15 is 0 Å². The highest BCUT2D eigenvalue weighted by Gasteiger charge is 2.13. The summed E-state index contributed by atoms with van der Waals surface area (Å²) in [6.07, 6.45) is 1.58. The number of rotatable bonds is 4. The standard InChI is InChI=1S/C18H13BrFN3O/c19-15-5-1-2-6-16(15)23-18(24)14-4-3-11-21-17(14)22-13-9-7-12(20)8-10-13/h1-11H,(H,21,22)(H,23,24). The molecular formula is C18H13BrFN3O. The first kappa shape index (κ1) is 16.1. The van der Waals surface area contributed by atoms with Crippen LogP contribution in [-0.4, -0.2) is 10.9 Å². The van der Waals surface area contributed by atoms with E-state index in [0.717, 1.165) is 4.47 Å². The van der Waals surface area contributed by atoms with Gasteiger partial charge >= 0.3 is 0 Å². The number of nitrogens with zero attached hydrogens (tertiary/aromatic N) is 1. The van der Waals surface area contributed by atoms with Gasteiger partial charge in [-0.15, -0.1) is 0 Å². The van der Waals surface area contributed by atoms with Crippen molar-refractivity contribution in [3.8, 4) is 0 Å². The van der Waals surface area contributed by atoms with E-state index in [-0.39, 0.29) is 11.7 Å². The normalized spacial score (nSPS) is 10.2. The zero-order valence-electron chi connectivity index (χ0n) is 12.5. The summed E-state index contributed by atoms with van der Waals surface area (Å²) in [5.41, 5.74) is 1.70. The van der Waals surface area contributed by atoms with E-state index in [1.54, 1.807) is 36.5 Å². The van der Waals surface area contributed by atoms with Crippen LogP contribution in [0.5, 0.6) is 0 Å². The molecule has 0 spiro atoms. The minimum atomic E-state index is -0.325. The molecule has 2 aromatic carbocycles. The third-order valence-electron chi connectivity index (χ3n) is 3.28. The van der Waals surface area contributed by atoms with Crippen molar-refractivity contribution >= 4 is 39.0 Å². The number of para-hydroxylation sites is 1. The van der Waals surface area contributed by atoms with Gasteiger partial charge in [0.15, 0.2) is 0 Å². The van der Waals surface area contributed by atoms with Gasteiger partial charge < -0.3 is 10.6 Å². The number of carbonyl (C=O) groups is 1. The van der Waals surface area contributed by atoms with Crippen molar-refractivity contribution < 1.29 is 9.18 Å². The van der Waals surface area contributed by atoms with Crippen LogP contribution in [0.15, 0.2) is 71.3 Å². The Hall–Kier alpha value is -2.73. The highest BCUT2D eigenvalue weighted by molar-refractivity contribution is 9.10. The van der Waals surface area contributed by atoms with Crippen LogP contribution in [0.4, 0.5) is 21.6 Å². The lowest BCUT2D eigenvalue weighted by Gasteiger charge is -2.12. The molecule has 0 aliphatic carbocycles. The third-order valence-corrected chi connectivity index (χ3v) is 3.97. The van der Waals surface area contributed by atoms with Gasteiger partial charge in [-0.25, -0.2) is 9.37 Å². The van der Waals surface area contributed by atoms with Crippen LogP contribution in [0.25, 0.3) is 0 Å². The van der Waals surface area contributed by atoms with E-state index in [1.807, 2.05) is 18.2 Å². The Kier molecular flexibility index (Phi) is 4.86. The molecule has 0 atom stereocenters. The van der Waals surface area contributed by atoms with Crippen LogP contribution < -0.4 is 10.6 Å². The second-order valence-electron chi connectivity index (χ2n) is 4.97. The fourth-order valence-corrected chi connectivity index (χ4v) is 2.49. The summed E-state index contributed by atoms with van der Waals surface area (Å²) in [5.74, 6) is -0.221. The van der Waals surface area contributed by atoms with Crippen LogP contribution in [-0.2, 0) is 0 Å². The van der Waals surface area contributed by atoms with Gasteiger partial charge in [-0.2, -0.15) is 0 Å². The summed E-state index contributed by atoms with van der Waals surface area (Å²) < 4.78 is 13.8. The van der Waals surface area contributed by atoms with E-state index < -0.39 is 0 Å². The average Bonchev–Trinajstić information content (AvgIpc) is 2.59. The number of nitrogens with one attached hydrogen (secondary N) is 2. The zero-order valence-corrected chi connectivity index (χ0v) is 14.0. The molecule has 1 amide bonds. The first-order chi connectivity index (χ1) is 11.6. The summed E-state index contributed by atoms with van der Waals surface area (Å²) >= 11 is 3.39. The maximum Gasteiger partial charge on any atom is 0.259 e. The molecule has 0 saturated heterocycles. The Bertz CT molecular complexity index is 868. The maximum atomic E-state index is 13.0. The lowest BCUT2D eigenvalue weighted by Crippen LogP contribution is -2.15. The van der Waals surface area contributed by atoms with E-state index in [0.29, 0.717) is 22.8 Å². The predicted molar refractivity (Wildman–Crippen MR) is 96.0 cm³/mol. The number of hydrogen-bond donors (Lipinski definition) is 2. The molecule has 1 heterocycles. The van der Waals surface area contributed by atoms with Crippen LogP contribution in [0.2, 0.25) is 0 Å². The number of hydrogen-bond acceptors (Lipinski definition) is 3. The van der Waals surface area contributed by atoms with Gasteiger partial charge in [0, 0.05) is 16.4 Å². The van der Waals surface area contributed by atoms with E-state index in [2.05, 4.69) is 31.5 Å².